The van der Waals surface area contributed by atoms with Gasteiger partial charge in [0.25, 0.3) is 5.91 Å². The van der Waals surface area contributed by atoms with E-state index in [2.05, 4.69) is 31.5 Å². The molecule has 3 heterocycles. The molecule has 1 aromatic carbocycles. The number of aryl methyl sites for hydroxylation is 2. The molecule has 1 unspecified atom stereocenters. The Labute approximate surface area is 191 Å². The molecule has 0 radical (unpaired) electrons. The van der Waals surface area contributed by atoms with Gasteiger partial charge in [-0.1, -0.05) is 24.6 Å². The van der Waals surface area contributed by atoms with Gasteiger partial charge in [0.2, 0.25) is 11.1 Å². The maximum absolute atomic E-state index is 13.4. The number of amides is 2. The van der Waals surface area contributed by atoms with Gasteiger partial charge in [-0.25, -0.2) is 4.68 Å². The summed E-state index contributed by atoms with van der Waals surface area (Å²) in [5.74, 6) is 0.0655. The van der Waals surface area contributed by atoms with Crippen molar-refractivity contribution in [3.8, 4) is 0 Å². The van der Waals surface area contributed by atoms with Crippen molar-refractivity contribution in [2.75, 3.05) is 17.6 Å². The van der Waals surface area contributed by atoms with Crippen LogP contribution in [0.3, 0.4) is 0 Å². The van der Waals surface area contributed by atoms with Crippen molar-refractivity contribution in [2.24, 2.45) is 14.1 Å². The van der Waals surface area contributed by atoms with Crippen LogP contribution < -0.4 is 5.32 Å². The molecule has 0 aliphatic carbocycles. The first-order valence-corrected chi connectivity index (χ1v) is 11.7. The molecule has 1 aliphatic rings. The Bertz CT molecular complexity index is 1080. The Morgan fingerprint density at radius 1 is 1.12 bits per heavy atom. The van der Waals surface area contributed by atoms with Crippen LogP contribution >= 0.6 is 11.8 Å². The highest BCUT2D eigenvalue weighted by molar-refractivity contribution is 7.99. The average molecular weight is 454 g/mol. The third-order valence-electron chi connectivity index (χ3n) is 5.67. The average Bonchev–Trinajstić information content (AvgIpc) is 3.32. The lowest BCUT2D eigenvalue weighted by atomic mass is 10.1. The molecule has 0 spiro atoms. The van der Waals surface area contributed by atoms with E-state index in [9.17, 15) is 9.59 Å². The number of carbonyl (C=O) groups excluding carboxylic acids is 2. The fourth-order valence-corrected chi connectivity index (χ4v) is 4.66. The zero-order valence-corrected chi connectivity index (χ0v) is 19.1. The van der Waals surface area contributed by atoms with E-state index in [4.69, 9.17) is 0 Å². The first kappa shape index (κ1) is 22.1. The third kappa shape index (κ3) is 5.01. The number of anilines is 1. The summed E-state index contributed by atoms with van der Waals surface area (Å²) in [4.78, 5) is 27.6. The van der Waals surface area contributed by atoms with Crippen molar-refractivity contribution in [1.82, 2.24) is 29.7 Å². The van der Waals surface area contributed by atoms with Crippen LogP contribution in [-0.4, -0.2) is 53.8 Å². The quantitative estimate of drug-likeness (QED) is 0.576. The van der Waals surface area contributed by atoms with Crippen LogP contribution in [0.25, 0.3) is 0 Å². The van der Waals surface area contributed by atoms with E-state index in [0.717, 1.165) is 32.2 Å². The second-order valence-electron chi connectivity index (χ2n) is 7.91. The number of tetrazole rings is 1. The van der Waals surface area contributed by atoms with Crippen LogP contribution in [0.15, 0.2) is 47.8 Å². The summed E-state index contributed by atoms with van der Waals surface area (Å²) in [6.45, 7) is 0.751. The molecule has 0 saturated carbocycles. The molecule has 10 heteroatoms. The molecule has 1 atom stereocenters. The van der Waals surface area contributed by atoms with Crippen LogP contribution in [0, 0.1) is 0 Å². The minimum absolute atomic E-state index is 0.0290. The second-order valence-corrected chi connectivity index (χ2v) is 8.85. The minimum Gasteiger partial charge on any atom is -0.353 e. The van der Waals surface area contributed by atoms with E-state index in [1.54, 1.807) is 31.3 Å². The molecule has 168 valence electrons. The van der Waals surface area contributed by atoms with E-state index in [-0.39, 0.29) is 23.6 Å². The van der Waals surface area contributed by atoms with E-state index < -0.39 is 0 Å². The van der Waals surface area contributed by atoms with Gasteiger partial charge in [0.1, 0.15) is 0 Å². The van der Waals surface area contributed by atoms with Gasteiger partial charge in [0, 0.05) is 43.8 Å². The normalized spacial score (nSPS) is 16.6. The fraction of sp³-hybridized carbons (Fsp3) is 0.409. The summed E-state index contributed by atoms with van der Waals surface area (Å²) in [6, 6.07) is 11.3. The summed E-state index contributed by atoms with van der Waals surface area (Å²) in [7, 11) is 3.75. The van der Waals surface area contributed by atoms with Gasteiger partial charge in [-0.2, -0.15) is 0 Å². The number of likely N-dealkylation sites (tertiary alicyclic amines) is 1. The molecule has 1 aliphatic heterocycles. The van der Waals surface area contributed by atoms with Crippen molar-refractivity contribution in [2.45, 2.75) is 36.9 Å². The van der Waals surface area contributed by atoms with Gasteiger partial charge in [-0.05, 0) is 59.7 Å². The van der Waals surface area contributed by atoms with E-state index in [0.29, 0.717) is 16.4 Å². The zero-order valence-electron chi connectivity index (χ0n) is 18.3. The minimum atomic E-state index is -0.159. The molecule has 4 rings (SSSR count). The molecule has 32 heavy (non-hydrogen) atoms. The lowest BCUT2D eigenvalue weighted by molar-refractivity contribution is -0.113. The number of nitrogens with one attached hydrogen (secondary N) is 1. The monoisotopic (exact) mass is 453 g/mol. The van der Waals surface area contributed by atoms with E-state index >= 15 is 0 Å². The lowest BCUT2D eigenvalue weighted by Gasteiger charge is -2.31. The highest BCUT2D eigenvalue weighted by atomic mass is 32.2. The van der Waals surface area contributed by atoms with Crippen LogP contribution in [0.4, 0.5) is 5.69 Å². The highest BCUT2D eigenvalue weighted by Crippen LogP contribution is 2.31. The van der Waals surface area contributed by atoms with E-state index in [1.165, 1.54) is 22.1 Å². The number of benzene rings is 1. The Kier molecular flexibility index (Phi) is 6.89. The van der Waals surface area contributed by atoms with E-state index in [1.807, 2.05) is 24.2 Å². The van der Waals surface area contributed by atoms with Gasteiger partial charge in [-0.3, -0.25) is 9.59 Å². The molecule has 0 bridgehead atoms. The maximum Gasteiger partial charge on any atom is 0.254 e. The fourth-order valence-electron chi connectivity index (χ4n) is 4.01. The smallest absolute Gasteiger partial charge is 0.254 e. The number of thioether (sulfide) groups is 1. The molecule has 3 aromatic rings. The first-order valence-electron chi connectivity index (χ1n) is 10.7. The molecule has 2 aromatic heterocycles. The first-order chi connectivity index (χ1) is 15.5. The van der Waals surface area contributed by atoms with Crippen molar-refractivity contribution in [1.29, 1.82) is 0 Å². The van der Waals surface area contributed by atoms with Gasteiger partial charge in [0.05, 0.1) is 11.8 Å². The molecule has 9 nitrogen and oxygen atoms in total. The molecular weight excluding hydrogens is 426 g/mol. The summed E-state index contributed by atoms with van der Waals surface area (Å²) in [6.07, 6.45) is 6.26. The second kappa shape index (κ2) is 9.99. The SMILES string of the molecule is Cn1cccc1C1CCCCCN1C(=O)c1ccc(NC(=O)CSc2nnnn2C)cc1. The number of hydrogen-bond acceptors (Lipinski definition) is 6. The highest BCUT2D eigenvalue weighted by Gasteiger charge is 2.28. The number of carbonyl (C=O) groups is 2. The van der Waals surface area contributed by atoms with Gasteiger partial charge >= 0.3 is 0 Å². The van der Waals surface area contributed by atoms with Crippen molar-refractivity contribution < 1.29 is 9.59 Å². The molecule has 1 fully saturated rings. The Morgan fingerprint density at radius 3 is 2.62 bits per heavy atom. The lowest BCUT2D eigenvalue weighted by Crippen LogP contribution is -2.35. The molecule has 2 amide bonds. The van der Waals surface area contributed by atoms with Crippen LogP contribution in [0.1, 0.15) is 47.8 Å². The Morgan fingerprint density at radius 2 is 1.94 bits per heavy atom. The Balaban J connectivity index is 1.41. The third-order valence-corrected chi connectivity index (χ3v) is 6.68. The van der Waals surface area contributed by atoms with Crippen LogP contribution in [-0.2, 0) is 18.9 Å². The van der Waals surface area contributed by atoms with Crippen molar-refractivity contribution in [3.63, 3.8) is 0 Å². The summed E-state index contributed by atoms with van der Waals surface area (Å²) < 4.78 is 3.62. The molecular formula is C22H27N7O2S. The predicted molar refractivity (Wildman–Crippen MR) is 122 cm³/mol. The molecule has 1 N–H and O–H groups in total. The number of aromatic nitrogens is 5. The number of rotatable bonds is 6. The van der Waals surface area contributed by atoms with Crippen molar-refractivity contribution >= 4 is 29.3 Å². The molecule has 1 saturated heterocycles. The maximum atomic E-state index is 13.4. The predicted octanol–water partition coefficient (Wildman–Crippen LogP) is 3.04. The largest absolute Gasteiger partial charge is 0.353 e. The van der Waals surface area contributed by atoms with Crippen LogP contribution in [0.5, 0.6) is 0 Å². The summed E-state index contributed by atoms with van der Waals surface area (Å²) >= 11 is 1.26. The van der Waals surface area contributed by atoms with Crippen molar-refractivity contribution in [3.05, 3.63) is 53.9 Å². The number of hydrogen-bond donors (Lipinski definition) is 1. The van der Waals surface area contributed by atoms with Gasteiger partial charge in [-0.15, -0.1) is 5.10 Å². The summed E-state index contributed by atoms with van der Waals surface area (Å²) in [5.41, 5.74) is 2.45. The standard InChI is InChI=1S/C22H27N7O2S/c1-27-13-6-8-18(27)19-7-4-3-5-14-29(19)21(31)16-9-11-17(12-10-16)23-20(30)15-32-22-24-25-26-28(22)2/h6,8-13,19H,3-5,7,14-15H2,1-2H3,(H,23,30). The van der Waals surface area contributed by atoms with Gasteiger partial charge in [0.15, 0.2) is 0 Å². The Hall–Kier alpha value is -3.14. The zero-order chi connectivity index (χ0) is 22.5. The van der Waals surface area contributed by atoms with Gasteiger partial charge < -0.3 is 14.8 Å². The topological polar surface area (TPSA) is 97.9 Å². The summed E-state index contributed by atoms with van der Waals surface area (Å²) in [5, 5.41) is 14.6. The number of nitrogens with zero attached hydrogens (tertiary/aromatic N) is 6. The van der Waals surface area contributed by atoms with Crippen LogP contribution in [0.2, 0.25) is 0 Å².